The van der Waals surface area contributed by atoms with Crippen LogP contribution in [0.4, 0.5) is 0 Å². The molecule has 6 N–H and O–H groups in total. The fourth-order valence-electron chi connectivity index (χ4n) is 6.24. The van der Waals surface area contributed by atoms with Crippen molar-refractivity contribution in [3.8, 4) is 0 Å². The van der Waals surface area contributed by atoms with Gasteiger partial charge >= 0.3 is 35.8 Å². The molecule has 0 saturated heterocycles. The summed E-state index contributed by atoms with van der Waals surface area (Å²) < 4.78 is 0. The van der Waals surface area contributed by atoms with Gasteiger partial charge in [0, 0.05) is 5.92 Å². The van der Waals surface area contributed by atoms with Crippen molar-refractivity contribution in [2.75, 3.05) is 0 Å². The molecule has 12 heteroatoms. The summed E-state index contributed by atoms with van der Waals surface area (Å²) in [6.07, 6.45) is 7.96. The lowest BCUT2D eigenvalue weighted by Crippen LogP contribution is -2.15. The Kier molecular flexibility index (Phi) is 13.5. The van der Waals surface area contributed by atoms with Crippen LogP contribution in [-0.2, 0) is 6.42 Å². The maximum absolute atomic E-state index is 12.3. The maximum Gasteiger partial charge on any atom is 0.335 e. The lowest BCUT2D eigenvalue weighted by atomic mass is 9.76. The minimum atomic E-state index is -1.43. The first-order valence-corrected chi connectivity index (χ1v) is 16.5. The number of rotatable bonds is 19. The third-order valence-electron chi connectivity index (χ3n) is 8.70. The highest BCUT2D eigenvalue weighted by atomic mass is 16.4. The second-order valence-corrected chi connectivity index (χ2v) is 12.5. The molecule has 6 radical (unpaired) electrons. The topological polar surface area (TPSA) is 224 Å². The van der Waals surface area contributed by atoms with Crippen molar-refractivity contribution >= 4 is 35.8 Å². The van der Waals surface area contributed by atoms with E-state index < -0.39 is 47.7 Å². The Morgan fingerprint density at radius 1 is 0.463 bits per heavy atom. The second-order valence-electron chi connectivity index (χ2n) is 12.5. The van der Waals surface area contributed by atoms with Crippen molar-refractivity contribution in [1.29, 1.82) is 0 Å². The minimum absolute atomic E-state index is 0.0459. The molecular weight excluding hydrogens is 696 g/mol. The van der Waals surface area contributed by atoms with Crippen LogP contribution in [0, 0.1) is 39.5 Å². The van der Waals surface area contributed by atoms with Gasteiger partial charge < -0.3 is 30.6 Å². The number of carboxylic acids is 6. The monoisotopic (exact) mass is 732 g/mol. The predicted molar refractivity (Wildman–Crippen MR) is 196 cm³/mol. The van der Waals surface area contributed by atoms with E-state index in [0.717, 1.165) is 29.3 Å². The highest BCUT2D eigenvalue weighted by molar-refractivity contribution is 5.96. The van der Waals surface area contributed by atoms with Crippen LogP contribution in [0.15, 0.2) is 72.8 Å². The molecule has 0 aliphatic heterocycles. The summed E-state index contributed by atoms with van der Waals surface area (Å²) in [6, 6.07) is 16.2. The molecule has 12 nitrogen and oxygen atoms in total. The van der Waals surface area contributed by atoms with Gasteiger partial charge in [-0.15, -0.1) is 0 Å². The Hall–Kier alpha value is -6.30. The van der Waals surface area contributed by atoms with E-state index in [-0.39, 0.29) is 62.9 Å². The van der Waals surface area contributed by atoms with Crippen LogP contribution >= 0.6 is 0 Å². The van der Waals surface area contributed by atoms with Crippen molar-refractivity contribution in [2.45, 2.75) is 37.5 Å². The van der Waals surface area contributed by atoms with E-state index in [1.807, 2.05) is 31.0 Å². The standard InChI is InChI=1S/C42H36O12/c1-3-5-7-23-9-24(8-6-4-2)11-28(10-23)36(29-17-34(41(51)52)21-35(18-29)42(53)54)22-26(27-15-32(39(47)48)20-33(16-27)40(49)50)12-25-13-30(37(43)44)19-31(14-25)38(45)46/h3-4,7-11,13-21,26,36H,1-2,5-6,12,22H2,(H,43,44)(H,45,46)(H,47,48)(H,49,50)(H,51,52)(H,53,54). The highest BCUT2D eigenvalue weighted by Gasteiger charge is 2.27. The van der Waals surface area contributed by atoms with Crippen molar-refractivity contribution in [3.05, 3.63) is 179 Å². The molecule has 54 heavy (non-hydrogen) atoms. The van der Waals surface area contributed by atoms with Crippen molar-refractivity contribution in [3.63, 3.8) is 0 Å². The number of benzene rings is 4. The summed E-state index contributed by atoms with van der Waals surface area (Å²) in [7, 11) is 0. The van der Waals surface area contributed by atoms with Crippen molar-refractivity contribution < 1.29 is 59.4 Å². The fourth-order valence-corrected chi connectivity index (χ4v) is 6.24. The third-order valence-corrected chi connectivity index (χ3v) is 8.70. The zero-order valence-corrected chi connectivity index (χ0v) is 28.8. The lowest BCUT2D eigenvalue weighted by molar-refractivity contribution is 0.0676. The van der Waals surface area contributed by atoms with Gasteiger partial charge in [0.15, 0.2) is 0 Å². The second kappa shape index (κ2) is 18.0. The molecule has 2 unspecified atom stereocenters. The average molecular weight is 733 g/mol. The van der Waals surface area contributed by atoms with Crippen LogP contribution in [0.1, 0.15) is 127 Å². The number of hydrogen-bond acceptors (Lipinski definition) is 6. The molecule has 4 aromatic carbocycles. The van der Waals surface area contributed by atoms with Crippen LogP contribution in [-0.4, -0.2) is 66.5 Å². The number of aromatic carboxylic acids is 6. The molecule has 0 heterocycles. The van der Waals surface area contributed by atoms with Gasteiger partial charge in [-0.2, -0.15) is 0 Å². The molecule has 276 valence electrons. The molecule has 0 saturated carbocycles. The molecule has 0 aliphatic carbocycles. The summed E-state index contributed by atoms with van der Waals surface area (Å²) in [4.78, 5) is 73.0. The Bertz CT molecular complexity index is 1970. The highest BCUT2D eigenvalue weighted by Crippen LogP contribution is 2.40. The van der Waals surface area contributed by atoms with Crippen LogP contribution in [0.25, 0.3) is 0 Å². The average Bonchev–Trinajstić information content (AvgIpc) is 3.13. The van der Waals surface area contributed by atoms with E-state index in [4.69, 9.17) is 0 Å². The maximum atomic E-state index is 12.3. The number of hydrogen-bond donors (Lipinski definition) is 6. The van der Waals surface area contributed by atoms with Crippen LogP contribution in [0.3, 0.4) is 0 Å². The summed E-state index contributed by atoms with van der Waals surface area (Å²) in [6.45, 7) is 7.54. The van der Waals surface area contributed by atoms with Crippen molar-refractivity contribution in [1.82, 2.24) is 0 Å². The first-order valence-electron chi connectivity index (χ1n) is 16.5. The van der Waals surface area contributed by atoms with E-state index in [0.29, 0.717) is 18.4 Å². The van der Waals surface area contributed by atoms with Gasteiger partial charge in [0.25, 0.3) is 0 Å². The molecule has 0 fully saturated rings. The number of carbonyl (C=O) groups is 6. The Morgan fingerprint density at radius 2 is 0.796 bits per heavy atom. The molecule has 0 amide bonds. The zero-order valence-electron chi connectivity index (χ0n) is 28.8. The molecule has 4 aromatic rings. The minimum Gasteiger partial charge on any atom is -0.478 e. The third kappa shape index (κ3) is 10.4. The first-order chi connectivity index (χ1) is 25.6. The van der Waals surface area contributed by atoms with Gasteiger partial charge in [0.2, 0.25) is 0 Å². The summed E-state index contributed by atoms with van der Waals surface area (Å²) in [5.41, 5.74) is 0.718. The van der Waals surface area contributed by atoms with Gasteiger partial charge in [-0.25, -0.2) is 28.8 Å². The zero-order chi connectivity index (χ0) is 39.7. The van der Waals surface area contributed by atoms with Crippen LogP contribution in [0.2, 0.25) is 0 Å². The largest absolute Gasteiger partial charge is 0.478 e. The fraction of sp³-hybridized carbons (Fsp3) is 0.143. The number of unbranched alkanes of at least 4 members (excludes halogenated alkanes) is 2. The van der Waals surface area contributed by atoms with E-state index in [1.165, 1.54) is 36.4 Å². The Labute approximate surface area is 311 Å². The van der Waals surface area contributed by atoms with Gasteiger partial charge in [0.05, 0.1) is 33.4 Å². The van der Waals surface area contributed by atoms with E-state index in [1.54, 1.807) is 12.8 Å². The summed E-state index contributed by atoms with van der Waals surface area (Å²) >= 11 is 0. The lowest BCUT2D eigenvalue weighted by Gasteiger charge is -2.27. The molecular formula is C42H36O12. The predicted octanol–water partition coefficient (Wildman–Crippen LogP) is 7.39. The van der Waals surface area contributed by atoms with Crippen LogP contribution < -0.4 is 0 Å². The van der Waals surface area contributed by atoms with Gasteiger partial charge in [0.1, 0.15) is 0 Å². The Morgan fingerprint density at radius 3 is 1.15 bits per heavy atom. The smallest absolute Gasteiger partial charge is 0.335 e. The molecule has 0 aliphatic rings. The summed E-state index contributed by atoms with van der Waals surface area (Å²) in [5, 5.41) is 59.4. The van der Waals surface area contributed by atoms with Gasteiger partial charge in [-0.1, -0.05) is 18.2 Å². The normalized spacial score (nSPS) is 12.1. The molecule has 0 spiro atoms. The molecule has 0 aromatic heterocycles. The van der Waals surface area contributed by atoms with Crippen molar-refractivity contribution in [2.24, 2.45) is 0 Å². The first kappa shape index (κ1) is 40.5. The number of carboxylic acid groups (broad SMARTS) is 6. The SMILES string of the molecule is [CH2][CH]C[CH]c1cc([CH]C[CH][CH2])cc(C(CC(Cc2cc(C(=O)O)cc(C(=O)O)c2)c2cc(C(=O)O)cc(C(=O)O)c2)c2cc(C(=O)O)cc(C(=O)O)c2)c1. The molecule has 2 atom stereocenters. The molecule has 0 bridgehead atoms. The van der Waals surface area contributed by atoms with Gasteiger partial charge in [-0.05, 0) is 159 Å². The van der Waals surface area contributed by atoms with Crippen LogP contribution in [0.5, 0.6) is 0 Å². The Balaban J connectivity index is 2.06. The summed E-state index contributed by atoms with van der Waals surface area (Å²) in [5.74, 6) is -10.2. The quantitative estimate of drug-likeness (QED) is 0.0555. The van der Waals surface area contributed by atoms with E-state index in [2.05, 4.69) is 13.8 Å². The molecule has 4 rings (SSSR count). The van der Waals surface area contributed by atoms with E-state index in [9.17, 15) is 59.4 Å². The van der Waals surface area contributed by atoms with Gasteiger partial charge in [-0.3, -0.25) is 0 Å². The van der Waals surface area contributed by atoms with E-state index >= 15 is 0 Å².